The number of nitrogens with one attached hydrogen (secondary N) is 2. The summed E-state index contributed by atoms with van der Waals surface area (Å²) in [4.78, 5) is 30.2. The Labute approximate surface area is 251 Å². The summed E-state index contributed by atoms with van der Waals surface area (Å²) in [7, 11) is -0.708. The van der Waals surface area contributed by atoms with Crippen LogP contribution in [0.15, 0.2) is 82.8 Å². The van der Waals surface area contributed by atoms with Crippen molar-refractivity contribution in [2.75, 3.05) is 25.2 Å². The maximum absolute atomic E-state index is 12.9. The first kappa shape index (κ1) is 29.4. The lowest BCUT2D eigenvalue weighted by molar-refractivity contribution is -0.113. The summed E-state index contributed by atoms with van der Waals surface area (Å²) >= 11 is 2.63. The summed E-state index contributed by atoms with van der Waals surface area (Å²) in [6, 6.07) is 21.1. The van der Waals surface area contributed by atoms with Crippen LogP contribution < -0.4 is 10.6 Å². The third kappa shape index (κ3) is 6.51. The number of benzene rings is 3. The summed E-state index contributed by atoms with van der Waals surface area (Å²) in [5.41, 5.74) is 2.94. The molecule has 42 heavy (non-hydrogen) atoms. The molecule has 0 unspecified atom stereocenters. The molecule has 0 aliphatic heterocycles. The van der Waals surface area contributed by atoms with Crippen LogP contribution in [0.2, 0.25) is 0 Å². The molecule has 5 aromatic rings. The normalized spacial score (nSPS) is 11.6. The van der Waals surface area contributed by atoms with Gasteiger partial charge in [0.2, 0.25) is 15.9 Å². The highest BCUT2D eigenvalue weighted by atomic mass is 32.2. The highest BCUT2D eigenvalue weighted by Gasteiger charge is 2.20. The Hall–Kier alpha value is -4.11. The Balaban J connectivity index is 1.30. The maximum Gasteiger partial charge on any atom is 0.251 e. The van der Waals surface area contributed by atoms with E-state index in [1.165, 1.54) is 61.5 Å². The lowest BCUT2D eigenvalue weighted by atomic mass is 10.2. The average Bonchev–Trinajstić information content (AvgIpc) is 3.58. The maximum atomic E-state index is 12.9. The number of thioether (sulfide) groups is 1. The zero-order valence-corrected chi connectivity index (χ0v) is 25.4. The first-order valence-corrected chi connectivity index (χ1v) is 16.0. The van der Waals surface area contributed by atoms with Crippen molar-refractivity contribution in [3.63, 3.8) is 0 Å². The molecule has 11 nitrogen and oxygen atoms in total. The molecule has 3 aromatic carbocycles. The number of para-hydroxylation sites is 1. The summed E-state index contributed by atoms with van der Waals surface area (Å²) in [6.45, 7) is 2.02. The number of carbonyl (C=O) groups is 2. The molecule has 0 radical (unpaired) electrons. The van der Waals surface area contributed by atoms with Gasteiger partial charge in [-0.25, -0.2) is 17.7 Å². The summed E-state index contributed by atoms with van der Waals surface area (Å²) in [6.07, 6.45) is 0. The zero-order chi connectivity index (χ0) is 29.9. The predicted octanol–water partition coefficient (Wildman–Crippen LogP) is 4.10. The molecule has 0 fully saturated rings. The van der Waals surface area contributed by atoms with E-state index in [-0.39, 0.29) is 23.1 Å². The molecule has 0 saturated carbocycles. The van der Waals surface area contributed by atoms with Crippen molar-refractivity contribution in [1.29, 1.82) is 0 Å². The Morgan fingerprint density at radius 3 is 2.48 bits per heavy atom. The lowest BCUT2D eigenvalue weighted by Gasteiger charge is -2.12. The van der Waals surface area contributed by atoms with Crippen LogP contribution in [-0.4, -0.2) is 64.1 Å². The number of rotatable bonds is 10. The topological polar surface area (TPSA) is 139 Å². The molecule has 2 heterocycles. The fourth-order valence-electron chi connectivity index (χ4n) is 4.00. The van der Waals surface area contributed by atoms with Gasteiger partial charge in [-0.05, 0) is 61.0 Å². The van der Waals surface area contributed by atoms with Crippen LogP contribution in [0.25, 0.3) is 15.9 Å². The van der Waals surface area contributed by atoms with Gasteiger partial charge in [0.05, 0.1) is 27.4 Å². The second kappa shape index (κ2) is 12.4. The fourth-order valence-corrected chi connectivity index (χ4v) is 6.55. The Bertz CT molecular complexity index is 1830. The monoisotopic (exact) mass is 621 g/mol. The van der Waals surface area contributed by atoms with Crippen molar-refractivity contribution in [2.24, 2.45) is 0 Å². The second-order valence-electron chi connectivity index (χ2n) is 9.39. The zero-order valence-electron chi connectivity index (χ0n) is 22.9. The van der Waals surface area contributed by atoms with Crippen LogP contribution in [0.4, 0.5) is 5.13 Å². The third-order valence-electron chi connectivity index (χ3n) is 6.13. The van der Waals surface area contributed by atoms with Crippen LogP contribution >= 0.6 is 23.1 Å². The van der Waals surface area contributed by atoms with Crippen LogP contribution in [0.5, 0.6) is 0 Å². The average molecular weight is 622 g/mol. The molecular weight excluding hydrogens is 595 g/mol. The van der Waals surface area contributed by atoms with Gasteiger partial charge in [0.15, 0.2) is 16.1 Å². The number of aryl methyl sites for hydroxylation is 1. The molecule has 0 atom stereocenters. The molecule has 14 heteroatoms. The van der Waals surface area contributed by atoms with E-state index in [0.29, 0.717) is 21.7 Å². The minimum absolute atomic E-state index is 0.0516. The van der Waals surface area contributed by atoms with Gasteiger partial charge in [-0.3, -0.25) is 14.2 Å². The molecule has 0 saturated heterocycles. The van der Waals surface area contributed by atoms with Crippen molar-refractivity contribution < 1.29 is 18.0 Å². The minimum Gasteiger partial charge on any atom is -0.345 e. The Morgan fingerprint density at radius 1 is 1.00 bits per heavy atom. The van der Waals surface area contributed by atoms with Gasteiger partial charge in [0, 0.05) is 25.3 Å². The summed E-state index contributed by atoms with van der Waals surface area (Å²) < 4.78 is 28.5. The van der Waals surface area contributed by atoms with E-state index in [4.69, 9.17) is 0 Å². The molecule has 216 valence electrons. The quantitative estimate of drug-likeness (QED) is 0.222. The van der Waals surface area contributed by atoms with Crippen molar-refractivity contribution >= 4 is 60.3 Å². The molecule has 0 aliphatic carbocycles. The minimum atomic E-state index is -3.60. The third-order valence-corrected chi connectivity index (χ3v) is 9.85. The van der Waals surface area contributed by atoms with E-state index in [1.807, 2.05) is 55.5 Å². The van der Waals surface area contributed by atoms with E-state index in [9.17, 15) is 18.0 Å². The van der Waals surface area contributed by atoms with E-state index >= 15 is 0 Å². The molecule has 2 aromatic heterocycles. The number of sulfonamides is 1. The number of hydrogen-bond acceptors (Lipinski definition) is 9. The van der Waals surface area contributed by atoms with Crippen LogP contribution in [-0.2, 0) is 21.4 Å². The molecule has 0 spiro atoms. The number of thiazole rings is 1. The number of hydrogen-bond donors (Lipinski definition) is 2. The number of amides is 2. The standard InChI is InChI=1S/C28H27N7O4S3/c1-18-7-6-8-20(15-18)35-24(16-29-26(37)19-11-13-21(14-12-19)42(38,39)34(2)3)32-33-28(35)40-17-25(36)31-27-30-22-9-4-5-10-23(22)41-27/h4-15H,16-17H2,1-3H3,(H,29,37)(H,30,31,36). The molecule has 5 rings (SSSR count). The molecule has 0 bridgehead atoms. The van der Waals surface area contributed by atoms with Gasteiger partial charge >= 0.3 is 0 Å². The van der Waals surface area contributed by atoms with E-state index in [1.54, 1.807) is 4.57 Å². The van der Waals surface area contributed by atoms with Crippen molar-refractivity contribution in [2.45, 2.75) is 23.5 Å². The van der Waals surface area contributed by atoms with Gasteiger partial charge in [-0.15, -0.1) is 10.2 Å². The smallest absolute Gasteiger partial charge is 0.251 e. The van der Waals surface area contributed by atoms with Crippen LogP contribution in [0, 0.1) is 6.92 Å². The largest absolute Gasteiger partial charge is 0.345 e. The molecular formula is C28H27N7O4S3. The summed E-state index contributed by atoms with van der Waals surface area (Å²) in [5.74, 6) is -0.0803. The SMILES string of the molecule is Cc1cccc(-n2c(CNC(=O)c3ccc(S(=O)(=O)N(C)C)cc3)nnc2SCC(=O)Nc2nc3ccccc3s2)c1. The number of fused-ring (bicyclic) bond motifs is 1. The van der Waals surface area contributed by atoms with Crippen molar-refractivity contribution in [3.05, 3.63) is 89.7 Å². The van der Waals surface area contributed by atoms with E-state index < -0.39 is 15.9 Å². The molecule has 2 amide bonds. The summed E-state index contributed by atoms with van der Waals surface area (Å²) in [5, 5.41) is 15.3. The second-order valence-corrected chi connectivity index (χ2v) is 13.5. The number of aromatic nitrogens is 4. The van der Waals surface area contributed by atoms with Gasteiger partial charge in [-0.1, -0.05) is 47.4 Å². The van der Waals surface area contributed by atoms with Gasteiger partial charge < -0.3 is 10.6 Å². The van der Waals surface area contributed by atoms with Crippen LogP contribution in [0.3, 0.4) is 0 Å². The lowest BCUT2D eigenvalue weighted by Crippen LogP contribution is -2.25. The van der Waals surface area contributed by atoms with Gasteiger partial charge in [-0.2, -0.15) is 0 Å². The van der Waals surface area contributed by atoms with E-state index in [0.717, 1.165) is 25.8 Å². The van der Waals surface area contributed by atoms with Gasteiger partial charge in [0.1, 0.15) is 0 Å². The number of nitrogens with zero attached hydrogens (tertiary/aromatic N) is 5. The number of anilines is 1. The predicted molar refractivity (Wildman–Crippen MR) is 164 cm³/mol. The Morgan fingerprint density at radius 2 is 1.76 bits per heavy atom. The highest BCUT2D eigenvalue weighted by Crippen LogP contribution is 2.27. The number of carbonyl (C=O) groups excluding carboxylic acids is 2. The van der Waals surface area contributed by atoms with E-state index in [2.05, 4.69) is 25.8 Å². The first-order valence-electron chi connectivity index (χ1n) is 12.7. The molecule has 2 N–H and O–H groups in total. The molecule has 0 aliphatic rings. The van der Waals surface area contributed by atoms with Crippen molar-refractivity contribution in [1.82, 2.24) is 29.4 Å². The fraction of sp³-hybridized carbons (Fsp3) is 0.179. The first-order chi connectivity index (χ1) is 20.1. The van der Waals surface area contributed by atoms with Gasteiger partial charge in [0.25, 0.3) is 5.91 Å². The highest BCUT2D eigenvalue weighted by molar-refractivity contribution is 7.99. The van der Waals surface area contributed by atoms with Crippen molar-refractivity contribution in [3.8, 4) is 5.69 Å². The van der Waals surface area contributed by atoms with Crippen LogP contribution in [0.1, 0.15) is 21.7 Å². The Kier molecular flexibility index (Phi) is 8.68.